The van der Waals surface area contributed by atoms with Crippen LogP contribution >= 0.6 is 11.6 Å². The van der Waals surface area contributed by atoms with Crippen molar-refractivity contribution in [2.24, 2.45) is 0 Å². The van der Waals surface area contributed by atoms with Gasteiger partial charge in [0.1, 0.15) is 23.9 Å². The first-order chi connectivity index (χ1) is 13.1. The summed E-state index contributed by atoms with van der Waals surface area (Å²) in [5.74, 6) is 2.40. The molecule has 1 heterocycles. The number of hydrogen-bond acceptors (Lipinski definition) is 3. The number of fused-ring (bicyclic) bond motifs is 1. The Hall–Kier alpha value is -2.98. The third kappa shape index (κ3) is 3.62. The molecule has 0 atom stereocenters. The number of halogens is 1. The highest BCUT2D eigenvalue weighted by molar-refractivity contribution is 6.30. The van der Waals surface area contributed by atoms with Crippen LogP contribution in [0.5, 0.6) is 11.5 Å². The predicted molar refractivity (Wildman–Crippen MR) is 109 cm³/mol. The third-order valence-electron chi connectivity index (χ3n) is 4.46. The molecular formula is C22H19ClN2O2. The molecule has 4 rings (SSSR count). The smallest absolute Gasteiger partial charge is 0.138 e. The Kier molecular flexibility index (Phi) is 4.73. The van der Waals surface area contributed by atoms with E-state index in [0.29, 0.717) is 11.6 Å². The number of imidazole rings is 1. The Labute approximate surface area is 162 Å². The molecule has 4 aromatic rings. The molecular weight excluding hydrogens is 360 g/mol. The molecule has 5 heteroatoms. The first-order valence-electron chi connectivity index (χ1n) is 8.65. The quantitative estimate of drug-likeness (QED) is 0.479. The van der Waals surface area contributed by atoms with Crippen LogP contribution in [0, 0.1) is 6.92 Å². The molecule has 0 unspecified atom stereocenters. The van der Waals surface area contributed by atoms with Gasteiger partial charge in [-0.25, -0.2) is 4.98 Å². The van der Waals surface area contributed by atoms with Crippen LogP contribution < -0.4 is 9.47 Å². The van der Waals surface area contributed by atoms with Gasteiger partial charge in [0.25, 0.3) is 0 Å². The number of aromatic nitrogens is 2. The summed E-state index contributed by atoms with van der Waals surface area (Å²) in [5.41, 5.74) is 4.88. The fourth-order valence-electron chi connectivity index (χ4n) is 3.06. The standard InChI is InChI=1S/C22H19ClN2O2/c1-14-11-17(23)8-10-20(14)27-13-16-12-15(7-9-21(16)26-2)22-24-18-5-3-4-6-19(18)25-22/h3-12H,13H2,1-2H3,(H,24,25). The lowest BCUT2D eigenvalue weighted by atomic mass is 10.1. The van der Waals surface area contributed by atoms with E-state index in [1.165, 1.54) is 0 Å². The second-order valence-electron chi connectivity index (χ2n) is 6.33. The van der Waals surface area contributed by atoms with E-state index in [1.54, 1.807) is 7.11 Å². The Morgan fingerprint density at radius 3 is 2.59 bits per heavy atom. The highest BCUT2D eigenvalue weighted by Crippen LogP contribution is 2.29. The summed E-state index contributed by atoms with van der Waals surface area (Å²) in [6.45, 7) is 2.36. The van der Waals surface area contributed by atoms with Gasteiger partial charge < -0.3 is 14.5 Å². The van der Waals surface area contributed by atoms with Crippen molar-refractivity contribution in [3.63, 3.8) is 0 Å². The van der Waals surface area contributed by atoms with E-state index < -0.39 is 0 Å². The van der Waals surface area contributed by atoms with Crippen molar-refractivity contribution in [2.75, 3.05) is 7.11 Å². The van der Waals surface area contributed by atoms with Crippen LogP contribution in [0.4, 0.5) is 0 Å². The van der Waals surface area contributed by atoms with Crippen LogP contribution in [0.3, 0.4) is 0 Å². The number of nitrogens with one attached hydrogen (secondary N) is 1. The Morgan fingerprint density at radius 1 is 1.00 bits per heavy atom. The summed E-state index contributed by atoms with van der Waals surface area (Å²) in [6, 6.07) is 19.6. The lowest BCUT2D eigenvalue weighted by molar-refractivity contribution is 0.295. The highest BCUT2D eigenvalue weighted by atomic mass is 35.5. The minimum atomic E-state index is 0.389. The fourth-order valence-corrected chi connectivity index (χ4v) is 3.29. The molecule has 27 heavy (non-hydrogen) atoms. The number of aromatic amines is 1. The Balaban J connectivity index is 1.64. The van der Waals surface area contributed by atoms with Gasteiger partial charge in [-0.05, 0) is 61.0 Å². The van der Waals surface area contributed by atoms with Gasteiger partial charge in [-0.15, -0.1) is 0 Å². The number of benzene rings is 3. The molecule has 1 aromatic heterocycles. The van der Waals surface area contributed by atoms with E-state index in [9.17, 15) is 0 Å². The normalized spacial score (nSPS) is 10.9. The summed E-state index contributed by atoms with van der Waals surface area (Å²) >= 11 is 6.02. The molecule has 0 aliphatic heterocycles. The molecule has 3 aromatic carbocycles. The predicted octanol–water partition coefficient (Wildman–Crippen LogP) is 5.78. The van der Waals surface area contributed by atoms with Gasteiger partial charge in [-0.1, -0.05) is 23.7 Å². The zero-order valence-electron chi connectivity index (χ0n) is 15.1. The van der Waals surface area contributed by atoms with Gasteiger partial charge in [-0.2, -0.15) is 0 Å². The lowest BCUT2D eigenvalue weighted by Gasteiger charge is -2.13. The maximum atomic E-state index is 6.02. The van der Waals surface area contributed by atoms with Crippen LogP contribution in [-0.4, -0.2) is 17.1 Å². The van der Waals surface area contributed by atoms with Gasteiger partial charge in [0.2, 0.25) is 0 Å². The van der Waals surface area contributed by atoms with Crippen LogP contribution in [0.2, 0.25) is 5.02 Å². The maximum Gasteiger partial charge on any atom is 0.138 e. The first-order valence-corrected chi connectivity index (χ1v) is 9.03. The molecule has 0 radical (unpaired) electrons. The summed E-state index contributed by atoms with van der Waals surface area (Å²) in [6.07, 6.45) is 0. The number of H-pyrrole nitrogens is 1. The number of para-hydroxylation sites is 2. The third-order valence-corrected chi connectivity index (χ3v) is 4.70. The summed E-state index contributed by atoms with van der Waals surface area (Å²) < 4.78 is 11.5. The number of aryl methyl sites for hydroxylation is 1. The molecule has 1 N–H and O–H groups in total. The van der Waals surface area contributed by atoms with Crippen molar-refractivity contribution in [1.82, 2.24) is 9.97 Å². The SMILES string of the molecule is COc1ccc(-c2nc3ccccc3[nH]2)cc1COc1ccc(Cl)cc1C. The summed E-state index contributed by atoms with van der Waals surface area (Å²) in [7, 11) is 1.66. The van der Waals surface area contributed by atoms with Crippen LogP contribution in [0.25, 0.3) is 22.4 Å². The lowest BCUT2D eigenvalue weighted by Crippen LogP contribution is -2.00. The molecule has 0 saturated heterocycles. The minimum absolute atomic E-state index is 0.389. The molecule has 0 spiro atoms. The number of nitrogens with zero attached hydrogens (tertiary/aromatic N) is 1. The van der Waals surface area contributed by atoms with E-state index in [1.807, 2.05) is 67.6 Å². The second kappa shape index (κ2) is 7.33. The zero-order valence-corrected chi connectivity index (χ0v) is 15.9. The van der Waals surface area contributed by atoms with Gasteiger partial charge in [0, 0.05) is 16.1 Å². The number of ether oxygens (including phenoxy) is 2. The number of rotatable bonds is 5. The molecule has 0 bridgehead atoms. The average molecular weight is 379 g/mol. The van der Waals surface area contributed by atoms with Crippen LogP contribution in [0.15, 0.2) is 60.7 Å². The minimum Gasteiger partial charge on any atom is -0.496 e. The molecule has 4 nitrogen and oxygen atoms in total. The van der Waals surface area contributed by atoms with Gasteiger partial charge >= 0.3 is 0 Å². The van der Waals surface area contributed by atoms with Gasteiger partial charge in [0.15, 0.2) is 0 Å². The number of methoxy groups -OCH3 is 1. The fraction of sp³-hybridized carbons (Fsp3) is 0.136. The van der Waals surface area contributed by atoms with Gasteiger partial charge in [-0.3, -0.25) is 0 Å². The topological polar surface area (TPSA) is 47.1 Å². The van der Waals surface area contributed by atoms with Crippen molar-refractivity contribution >= 4 is 22.6 Å². The second-order valence-corrected chi connectivity index (χ2v) is 6.76. The molecule has 136 valence electrons. The van der Waals surface area contributed by atoms with E-state index in [0.717, 1.165) is 45.0 Å². The van der Waals surface area contributed by atoms with E-state index in [-0.39, 0.29) is 0 Å². The molecule has 0 amide bonds. The van der Waals surface area contributed by atoms with E-state index in [4.69, 9.17) is 21.1 Å². The maximum absolute atomic E-state index is 6.02. The molecule has 0 saturated carbocycles. The number of hydrogen-bond donors (Lipinski definition) is 1. The molecule has 0 fully saturated rings. The van der Waals surface area contributed by atoms with Crippen molar-refractivity contribution < 1.29 is 9.47 Å². The average Bonchev–Trinajstić information content (AvgIpc) is 3.11. The van der Waals surface area contributed by atoms with Crippen molar-refractivity contribution in [1.29, 1.82) is 0 Å². The van der Waals surface area contributed by atoms with E-state index in [2.05, 4.69) is 9.97 Å². The van der Waals surface area contributed by atoms with E-state index >= 15 is 0 Å². The van der Waals surface area contributed by atoms with Crippen molar-refractivity contribution in [3.8, 4) is 22.9 Å². The summed E-state index contributed by atoms with van der Waals surface area (Å²) in [5, 5.41) is 0.698. The molecule has 0 aliphatic carbocycles. The first kappa shape index (κ1) is 17.4. The van der Waals surface area contributed by atoms with Crippen LogP contribution in [0.1, 0.15) is 11.1 Å². The van der Waals surface area contributed by atoms with Gasteiger partial charge in [0.05, 0.1) is 18.1 Å². The Morgan fingerprint density at radius 2 is 1.81 bits per heavy atom. The zero-order chi connectivity index (χ0) is 18.8. The Bertz CT molecular complexity index is 1070. The van der Waals surface area contributed by atoms with Crippen LogP contribution in [-0.2, 0) is 6.61 Å². The monoisotopic (exact) mass is 378 g/mol. The van der Waals surface area contributed by atoms with Crippen molar-refractivity contribution in [2.45, 2.75) is 13.5 Å². The summed E-state index contributed by atoms with van der Waals surface area (Å²) in [4.78, 5) is 8.03. The largest absolute Gasteiger partial charge is 0.496 e. The highest BCUT2D eigenvalue weighted by Gasteiger charge is 2.11. The molecule has 0 aliphatic rings. The van der Waals surface area contributed by atoms with Crippen molar-refractivity contribution in [3.05, 3.63) is 76.8 Å².